The van der Waals surface area contributed by atoms with E-state index in [9.17, 15) is 14.7 Å². The zero-order valence-corrected chi connectivity index (χ0v) is 15.6. The summed E-state index contributed by atoms with van der Waals surface area (Å²) in [6.07, 6.45) is 0. The number of nitrogens with one attached hydrogen (secondary N) is 1. The maximum absolute atomic E-state index is 12.6. The minimum Gasteiger partial charge on any atom is -0.478 e. The first-order valence-corrected chi connectivity index (χ1v) is 9.01. The topological polar surface area (TPSA) is 66.4 Å². The number of carbonyl (C=O) groups excluding carboxylic acids is 1. The Morgan fingerprint density at radius 3 is 2.27 bits per heavy atom. The van der Waals surface area contributed by atoms with Crippen molar-refractivity contribution >= 4 is 28.2 Å². The van der Waals surface area contributed by atoms with E-state index >= 15 is 0 Å². The van der Waals surface area contributed by atoms with Gasteiger partial charge in [0.15, 0.2) is 0 Å². The van der Waals surface area contributed by atoms with Gasteiger partial charge in [-0.3, -0.25) is 4.79 Å². The van der Waals surface area contributed by atoms with E-state index in [1.54, 1.807) is 6.07 Å². The van der Waals surface area contributed by atoms with Crippen LogP contribution in [0.5, 0.6) is 0 Å². The summed E-state index contributed by atoms with van der Waals surface area (Å²) in [5.41, 5.74) is 4.24. The van der Waals surface area contributed by atoms with Gasteiger partial charge in [-0.1, -0.05) is 36.4 Å². The third-order valence-electron chi connectivity index (χ3n) is 4.36. The monoisotopic (exact) mass is 365 g/mol. The van der Waals surface area contributed by atoms with Crippen LogP contribution in [0, 0.1) is 20.8 Å². The second-order valence-electron chi connectivity index (χ2n) is 6.16. The van der Waals surface area contributed by atoms with Crippen LogP contribution in [0.1, 0.15) is 36.7 Å². The Bertz CT molecular complexity index is 990. The molecule has 0 unspecified atom stereocenters. The van der Waals surface area contributed by atoms with Gasteiger partial charge < -0.3 is 10.4 Å². The molecular formula is C21H19NO3S. The Morgan fingerprint density at radius 1 is 0.962 bits per heavy atom. The molecule has 2 aromatic carbocycles. The zero-order valence-electron chi connectivity index (χ0n) is 14.8. The molecule has 0 bridgehead atoms. The molecule has 3 rings (SSSR count). The third-order valence-corrected chi connectivity index (χ3v) is 5.38. The third kappa shape index (κ3) is 3.39. The van der Waals surface area contributed by atoms with E-state index < -0.39 is 5.97 Å². The van der Waals surface area contributed by atoms with E-state index in [-0.39, 0.29) is 11.5 Å². The number of aryl methyl sites for hydroxylation is 3. The molecule has 1 heterocycles. The molecule has 0 aliphatic heterocycles. The van der Waals surface area contributed by atoms with Gasteiger partial charge in [0, 0.05) is 16.0 Å². The van der Waals surface area contributed by atoms with Gasteiger partial charge in [0.2, 0.25) is 0 Å². The summed E-state index contributed by atoms with van der Waals surface area (Å²) >= 11 is 1.28. The van der Waals surface area contributed by atoms with Crippen LogP contribution in [0.2, 0.25) is 0 Å². The molecule has 5 heteroatoms. The number of rotatable bonds is 4. The predicted molar refractivity (Wildman–Crippen MR) is 105 cm³/mol. The largest absolute Gasteiger partial charge is 0.478 e. The van der Waals surface area contributed by atoms with Gasteiger partial charge in [-0.15, -0.1) is 11.3 Å². The number of amides is 1. The van der Waals surface area contributed by atoms with Crippen LogP contribution in [0.15, 0.2) is 48.5 Å². The second kappa shape index (κ2) is 7.14. The number of thiophene rings is 1. The van der Waals surface area contributed by atoms with Gasteiger partial charge in [-0.25, -0.2) is 4.79 Å². The summed E-state index contributed by atoms with van der Waals surface area (Å²) in [5, 5.41) is 12.9. The summed E-state index contributed by atoms with van der Waals surface area (Å²) in [6, 6.07) is 14.8. The number of anilines is 1. The zero-order chi connectivity index (χ0) is 18.8. The molecule has 1 amide bonds. The molecule has 3 aromatic rings. The highest BCUT2D eigenvalue weighted by molar-refractivity contribution is 7.17. The maximum Gasteiger partial charge on any atom is 0.339 e. The SMILES string of the molecule is Cc1ccc(C(=O)Nc2sc(C)c(-c3ccccc3)c2C(=O)O)cc1C. The lowest BCUT2D eigenvalue weighted by Gasteiger charge is -2.08. The first-order valence-electron chi connectivity index (χ1n) is 8.19. The average Bonchev–Trinajstić information content (AvgIpc) is 2.94. The fourth-order valence-electron chi connectivity index (χ4n) is 2.85. The van der Waals surface area contributed by atoms with Crippen molar-refractivity contribution in [1.82, 2.24) is 0 Å². The van der Waals surface area contributed by atoms with Gasteiger partial charge in [0.1, 0.15) is 10.6 Å². The maximum atomic E-state index is 12.6. The molecule has 26 heavy (non-hydrogen) atoms. The highest BCUT2D eigenvalue weighted by atomic mass is 32.1. The van der Waals surface area contributed by atoms with E-state index in [1.807, 2.05) is 63.2 Å². The smallest absolute Gasteiger partial charge is 0.339 e. The summed E-state index contributed by atoms with van der Waals surface area (Å²) in [6.45, 7) is 5.79. The Morgan fingerprint density at radius 2 is 1.65 bits per heavy atom. The van der Waals surface area contributed by atoms with Crippen molar-refractivity contribution in [1.29, 1.82) is 0 Å². The van der Waals surface area contributed by atoms with Crippen molar-refractivity contribution in [2.45, 2.75) is 20.8 Å². The van der Waals surface area contributed by atoms with E-state index in [1.165, 1.54) is 11.3 Å². The highest BCUT2D eigenvalue weighted by Crippen LogP contribution is 2.40. The molecule has 0 spiro atoms. The molecule has 0 fully saturated rings. The number of benzene rings is 2. The van der Waals surface area contributed by atoms with Crippen LogP contribution in [0.4, 0.5) is 5.00 Å². The first-order chi connectivity index (χ1) is 12.4. The lowest BCUT2D eigenvalue weighted by molar-refractivity contribution is 0.0699. The molecule has 0 saturated carbocycles. The van der Waals surface area contributed by atoms with Gasteiger partial charge in [0.05, 0.1) is 0 Å². The minimum atomic E-state index is -1.05. The van der Waals surface area contributed by atoms with Crippen LogP contribution in [-0.2, 0) is 0 Å². The summed E-state index contributed by atoms with van der Waals surface area (Å²) in [7, 11) is 0. The molecule has 132 valence electrons. The van der Waals surface area contributed by atoms with Crippen molar-refractivity contribution in [2.75, 3.05) is 5.32 Å². The van der Waals surface area contributed by atoms with E-state index in [4.69, 9.17) is 0 Å². The van der Waals surface area contributed by atoms with Gasteiger partial charge in [0.25, 0.3) is 5.91 Å². The average molecular weight is 365 g/mol. The summed E-state index contributed by atoms with van der Waals surface area (Å²) in [5.74, 6) is -1.36. The van der Waals surface area contributed by atoms with Crippen LogP contribution in [0.3, 0.4) is 0 Å². The van der Waals surface area contributed by atoms with Gasteiger partial charge in [-0.2, -0.15) is 0 Å². The molecular weight excluding hydrogens is 346 g/mol. The number of aromatic carboxylic acids is 1. The van der Waals surface area contributed by atoms with Gasteiger partial charge in [-0.05, 0) is 49.6 Å². The summed E-state index contributed by atoms with van der Waals surface area (Å²) in [4.78, 5) is 25.4. The number of carboxylic acids is 1. The Hall–Kier alpha value is -2.92. The fraction of sp³-hybridized carbons (Fsp3) is 0.143. The number of carboxylic acid groups (broad SMARTS) is 1. The summed E-state index contributed by atoms with van der Waals surface area (Å²) < 4.78 is 0. The Balaban J connectivity index is 2.02. The van der Waals surface area contributed by atoms with Crippen LogP contribution in [0.25, 0.3) is 11.1 Å². The number of carbonyl (C=O) groups is 2. The number of hydrogen-bond acceptors (Lipinski definition) is 3. The van der Waals surface area contributed by atoms with E-state index in [2.05, 4.69) is 5.32 Å². The molecule has 0 aliphatic rings. The normalized spacial score (nSPS) is 10.6. The molecule has 2 N–H and O–H groups in total. The van der Waals surface area contributed by atoms with Crippen LogP contribution in [-0.4, -0.2) is 17.0 Å². The first kappa shape index (κ1) is 17.9. The molecule has 4 nitrogen and oxygen atoms in total. The minimum absolute atomic E-state index is 0.135. The van der Waals surface area contributed by atoms with Crippen molar-refractivity contribution in [3.63, 3.8) is 0 Å². The van der Waals surface area contributed by atoms with Crippen LogP contribution >= 0.6 is 11.3 Å². The molecule has 0 radical (unpaired) electrons. The van der Waals surface area contributed by atoms with E-state index in [0.717, 1.165) is 21.6 Å². The van der Waals surface area contributed by atoms with Gasteiger partial charge >= 0.3 is 5.97 Å². The predicted octanol–water partition coefficient (Wildman–Crippen LogP) is 5.29. The van der Waals surface area contributed by atoms with Crippen molar-refractivity contribution in [3.8, 4) is 11.1 Å². The fourth-order valence-corrected chi connectivity index (χ4v) is 3.91. The van der Waals surface area contributed by atoms with Crippen molar-refractivity contribution in [3.05, 3.63) is 75.7 Å². The lowest BCUT2D eigenvalue weighted by atomic mass is 10.0. The highest BCUT2D eigenvalue weighted by Gasteiger charge is 2.24. The number of hydrogen-bond donors (Lipinski definition) is 2. The second-order valence-corrected chi connectivity index (χ2v) is 7.39. The van der Waals surface area contributed by atoms with E-state index in [0.29, 0.717) is 16.1 Å². The molecule has 0 aliphatic carbocycles. The molecule has 0 saturated heterocycles. The molecule has 0 atom stereocenters. The Kier molecular flexibility index (Phi) is 4.91. The Labute approximate surface area is 156 Å². The van der Waals surface area contributed by atoms with Crippen molar-refractivity contribution in [2.24, 2.45) is 0 Å². The quantitative estimate of drug-likeness (QED) is 0.660. The van der Waals surface area contributed by atoms with Crippen LogP contribution < -0.4 is 5.32 Å². The molecule has 1 aromatic heterocycles. The lowest BCUT2D eigenvalue weighted by Crippen LogP contribution is -2.13. The standard InChI is InChI=1S/C21H19NO3S/c1-12-9-10-16(11-13(12)2)19(23)22-20-18(21(24)25)17(14(3)26-20)15-7-5-4-6-8-15/h4-11H,1-3H3,(H,22,23)(H,24,25). The van der Waals surface area contributed by atoms with Crippen molar-refractivity contribution < 1.29 is 14.7 Å².